The van der Waals surface area contributed by atoms with E-state index in [0.29, 0.717) is 23.0 Å². The first kappa shape index (κ1) is 26.9. The van der Waals surface area contributed by atoms with Crippen molar-refractivity contribution in [3.63, 3.8) is 0 Å². The van der Waals surface area contributed by atoms with E-state index in [1.165, 1.54) is 12.1 Å². The highest BCUT2D eigenvalue weighted by molar-refractivity contribution is 5.73. The summed E-state index contributed by atoms with van der Waals surface area (Å²) < 4.78 is 49.5. The van der Waals surface area contributed by atoms with Crippen molar-refractivity contribution in [2.75, 3.05) is 5.32 Å². The van der Waals surface area contributed by atoms with Gasteiger partial charge in [-0.25, -0.2) is 28.8 Å². The van der Waals surface area contributed by atoms with Crippen molar-refractivity contribution in [2.24, 2.45) is 7.05 Å². The molecule has 0 unspecified atom stereocenters. The molecule has 0 spiro atoms. The molecule has 2 N–H and O–H groups in total. The van der Waals surface area contributed by atoms with Gasteiger partial charge in [-0.2, -0.15) is 23.4 Å². The third-order valence-corrected chi connectivity index (χ3v) is 5.20. The lowest BCUT2D eigenvalue weighted by Gasteiger charge is -2.09. The first-order valence-electron chi connectivity index (χ1n) is 11.2. The summed E-state index contributed by atoms with van der Waals surface area (Å²) in [7, 11) is 1.82. The summed E-state index contributed by atoms with van der Waals surface area (Å²) in [4.78, 5) is 21.9. The highest BCUT2D eigenvalue weighted by Crippen LogP contribution is 2.27. The van der Waals surface area contributed by atoms with Gasteiger partial charge in [0.25, 0.3) is 0 Å². The summed E-state index contributed by atoms with van der Waals surface area (Å²) >= 11 is 0. The van der Waals surface area contributed by atoms with Crippen LogP contribution in [-0.2, 0) is 11.8 Å². The van der Waals surface area contributed by atoms with E-state index in [2.05, 4.69) is 30.5 Å². The zero-order chi connectivity index (χ0) is 28.2. The molecule has 5 rings (SSSR count). The van der Waals surface area contributed by atoms with Crippen LogP contribution in [0.1, 0.15) is 5.82 Å². The second-order valence-corrected chi connectivity index (χ2v) is 8.05. The maximum absolute atomic E-state index is 14.4. The van der Waals surface area contributed by atoms with Gasteiger partial charge in [0.05, 0.1) is 17.1 Å². The first-order chi connectivity index (χ1) is 18.5. The number of hydrogen-bond donors (Lipinski definition) is 2. The lowest BCUT2D eigenvalue weighted by Crippen LogP contribution is -2.21. The van der Waals surface area contributed by atoms with E-state index >= 15 is 0 Å². The average molecular weight is 540 g/mol. The summed E-state index contributed by atoms with van der Waals surface area (Å²) in [6.07, 6.45) is -0.0864. The summed E-state index contributed by atoms with van der Waals surface area (Å²) in [6.45, 7) is 1.84. The van der Waals surface area contributed by atoms with Gasteiger partial charge in [0, 0.05) is 36.3 Å². The van der Waals surface area contributed by atoms with Crippen LogP contribution >= 0.6 is 0 Å². The van der Waals surface area contributed by atoms with Gasteiger partial charge in [-0.1, -0.05) is 0 Å². The number of hydrogen-bond acceptors (Lipinski definition) is 7. The molecule has 0 saturated heterocycles. The van der Waals surface area contributed by atoms with Crippen molar-refractivity contribution >= 4 is 17.6 Å². The molecule has 0 fully saturated rings. The Morgan fingerprint density at radius 2 is 1.67 bits per heavy atom. The van der Waals surface area contributed by atoms with Crippen LogP contribution < -0.4 is 5.32 Å². The van der Waals surface area contributed by atoms with Crippen LogP contribution in [0.15, 0.2) is 73.3 Å². The minimum absolute atomic E-state index is 0.342. The van der Waals surface area contributed by atoms with Crippen LogP contribution in [-0.4, -0.2) is 51.8 Å². The molecule has 0 aliphatic heterocycles. The van der Waals surface area contributed by atoms with Crippen LogP contribution in [0.25, 0.3) is 28.2 Å². The van der Waals surface area contributed by atoms with Crippen molar-refractivity contribution in [1.82, 2.24) is 34.5 Å². The Labute approximate surface area is 218 Å². The Balaban J connectivity index is 0.000000448. The molecule has 0 amide bonds. The lowest BCUT2D eigenvalue weighted by molar-refractivity contribution is -0.192. The second kappa shape index (κ2) is 11.1. The van der Waals surface area contributed by atoms with Gasteiger partial charge in [-0.3, -0.25) is 4.68 Å². The van der Waals surface area contributed by atoms with E-state index in [-0.39, 0.29) is 5.82 Å². The highest BCUT2D eigenvalue weighted by Gasteiger charge is 2.38. The lowest BCUT2D eigenvalue weighted by atomic mass is 10.1. The van der Waals surface area contributed by atoms with Crippen LogP contribution in [0.2, 0.25) is 0 Å². The van der Waals surface area contributed by atoms with Crippen molar-refractivity contribution in [2.45, 2.75) is 13.1 Å². The smallest absolute Gasteiger partial charge is 0.475 e. The predicted molar refractivity (Wildman–Crippen MR) is 133 cm³/mol. The maximum Gasteiger partial charge on any atom is 0.490 e. The van der Waals surface area contributed by atoms with E-state index < -0.39 is 12.1 Å². The molecule has 0 aliphatic carbocycles. The molecule has 2 aromatic carbocycles. The van der Waals surface area contributed by atoms with Crippen molar-refractivity contribution in [3.8, 4) is 28.2 Å². The van der Waals surface area contributed by atoms with Gasteiger partial charge >= 0.3 is 12.1 Å². The summed E-state index contributed by atoms with van der Waals surface area (Å²) in [5.74, 6) is -1.97. The quantitative estimate of drug-likeness (QED) is 0.300. The molecule has 39 heavy (non-hydrogen) atoms. The fourth-order valence-corrected chi connectivity index (χ4v) is 3.42. The number of halogens is 4. The van der Waals surface area contributed by atoms with Crippen molar-refractivity contribution in [3.05, 3.63) is 85.0 Å². The SMILES string of the molecule is Cc1ncn(-c2ccc(Nc3nccc(-c4cc(F)cc(-c5ccnn5C)c4)n3)cc2)n1.O=C(O)C(F)(F)F. The zero-order valence-corrected chi connectivity index (χ0v) is 20.4. The van der Waals surface area contributed by atoms with Gasteiger partial charge < -0.3 is 10.4 Å². The van der Waals surface area contributed by atoms with Gasteiger partial charge in [0.15, 0.2) is 0 Å². The molecule has 0 radical (unpaired) electrons. The molecule has 14 heteroatoms. The molecule has 200 valence electrons. The number of rotatable bonds is 5. The number of carboxylic acid groups (broad SMARTS) is 1. The van der Waals surface area contributed by atoms with Crippen LogP contribution in [0.4, 0.5) is 29.2 Å². The summed E-state index contributed by atoms with van der Waals surface area (Å²) in [6, 6.07) is 16.1. The first-order valence-corrected chi connectivity index (χ1v) is 11.2. The van der Waals surface area contributed by atoms with Crippen LogP contribution in [0.3, 0.4) is 0 Å². The number of nitrogens with zero attached hydrogens (tertiary/aromatic N) is 7. The Bertz CT molecular complexity index is 1600. The Kier molecular flexibility index (Phi) is 7.65. The molecule has 10 nitrogen and oxygen atoms in total. The molecule has 0 atom stereocenters. The van der Waals surface area contributed by atoms with Gasteiger partial charge in [0.1, 0.15) is 18.0 Å². The minimum atomic E-state index is -5.08. The molecular formula is C25H20F4N8O2. The number of anilines is 2. The molecular weight excluding hydrogens is 520 g/mol. The van der Waals surface area contributed by atoms with E-state index in [1.54, 1.807) is 34.2 Å². The van der Waals surface area contributed by atoms with E-state index in [1.807, 2.05) is 50.4 Å². The molecule has 0 bridgehead atoms. The molecule has 3 aromatic heterocycles. The fourth-order valence-electron chi connectivity index (χ4n) is 3.42. The number of nitrogens with one attached hydrogen (secondary N) is 1. The third-order valence-electron chi connectivity index (χ3n) is 5.20. The van der Waals surface area contributed by atoms with Gasteiger partial charge in [0.2, 0.25) is 5.95 Å². The normalized spacial score (nSPS) is 11.0. The second-order valence-electron chi connectivity index (χ2n) is 8.05. The average Bonchev–Trinajstić information content (AvgIpc) is 3.52. The number of aromatic nitrogens is 7. The topological polar surface area (TPSA) is 124 Å². The fraction of sp³-hybridized carbons (Fsp3) is 0.120. The zero-order valence-electron chi connectivity index (χ0n) is 20.4. The summed E-state index contributed by atoms with van der Waals surface area (Å²) in [5, 5.41) is 18.8. The van der Waals surface area contributed by atoms with Crippen LogP contribution in [0, 0.1) is 12.7 Å². The predicted octanol–water partition coefficient (Wildman–Crippen LogP) is 4.95. The van der Waals surface area contributed by atoms with E-state index in [0.717, 1.165) is 22.6 Å². The number of carbonyl (C=O) groups is 1. The minimum Gasteiger partial charge on any atom is -0.475 e. The van der Waals surface area contributed by atoms with E-state index in [9.17, 15) is 17.6 Å². The standard InChI is InChI=1S/C23H19FN8.C2HF3O2/c1-15-26-14-32(30-15)20-5-3-19(4-6-20)28-23-25-9-7-21(29-23)16-11-17(13-18(24)12-16)22-8-10-27-31(22)2;3-2(4,5)1(6)7/h3-14H,1-2H3,(H,25,28,29);(H,6,7). The Hall–Kier alpha value is -5.14. The number of carboxylic acids is 1. The number of aryl methyl sites for hydroxylation is 2. The number of aliphatic carboxylic acids is 1. The monoisotopic (exact) mass is 540 g/mol. The third kappa shape index (κ3) is 6.80. The number of benzene rings is 2. The Morgan fingerprint density at radius 1 is 0.974 bits per heavy atom. The van der Waals surface area contributed by atoms with E-state index in [4.69, 9.17) is 9.90 Å². The maximum atomic E-state index is 14.4. The number of alkyl halides is 3. The van der Waals surface area contributed by atoms with Crippen molar-refractivity contribution in [1.29, 1.82) is 0 Å². The van der Waals surface area contributed by atoms with Crippen LogP contribution in [0.5, 0.6) is 0 Å². The molecule has 3 heterocycles. The molecule has 5 aromatic rings. The van der Waals surface area contributed by atoms with Crippen molar-refractivity contribution < 1.29 is 27.5 Å². The van der Waals surface area contributed by atoms with Gasteiger partial charge in [-0.15, -0.1) is 0 Å². The Morgan fingerprint density at radius 3 is 2.26 bits per heavy atom. The highest BCUT2D eigenvalue weighted by atomic mass is 19.4. The molecule has 0 aliphatic rings. The summed E-state index contributed by atoms with van der Waals surface area (Å²) in [5.41, 5.74) is 4.53. The molecule has 0 saturated carbocycles. The van der Waals surface area contributed by atoms with Gasteiger partial charge in [-0.05, 0) is 61.5 Å². The largest absolute Gasteiger partial charge is 0.490 e.